The van der Waals surface area contributed by atoms with E-state index in [4.69, 9.17) is 0 Å². The molecule has 4 rings (SSSR count). The summed E-state index contributed by atoms with van der Waals surface area (Å²) in [5, 5.41) is 9.35. The molecular formula is C33H47N3O4S. The molecule has 224 valence electrons. The van der Waals surface area contributed by atoms with Gasteiger partial charge in [0.25, 0.3) is 5.91 Å². The van der Waals surface area contributed by atoms with Gasteiger partial charge in [-0.2, -0.15) is 0 Å². The maximum atomic E-state index is 14.9. The summed E-state index contributed by atoms with van der Waals surface area (Å²) in [6.45, 7) is 18.0. The fourth-order valence-corrected chi connectivity index (χ4v) is 10.0. The zero-order valence-corrected chi connectivity index (χ0v) is 26.0. The van der Waals surface area contributed by atoms with Gasteiger partial charge in [-0.25, -0.2) is 0 Å². The van der Waals surface area contributed by atoms with Crippen LogP contribution in [-0.2, 0) is 14.4 Å². The number of aryl methyl sites for hydroxylation is 2. The van der Waals surface area contributed by atoms with Crippen LogP contribution in [0.1, 0.15) is 57.1 Å². The SMILES string of the molecule is C=CCN(CCC)C(=O)[C@@H]1[C@H]2C(=O)N(CCCCCO)C(C(=O)N(CC=C)c3c(C)cccc3C)C23S[C@@H]1CC3C. The highest BCUT2D eigenvalue weighted by Gasteiger charge is 2.76. The van der Waals surface area contributed by atoms with E-state index >= 15 is 0 Å². The van der Waals surface area contributed by atoms with Gasteiger partial charge in [-0.05, 0) is 63.0 Å². The lowest BCUT2D eigenvalue weighted by atomic mass is 9.65. The highest BCUT2D eigenvalue weighted by atomic mass is 32.2. The average Bonchev–Trinajstić information content (AvgIpc) is 3.53. The first-order valence-electron chi connectivity index (χ1n) is 15.2. The van der Waals surface area contributed by atoms with Crippen molar-refractivity contribution in [1.29, 1.82) is 0 Å². The molecule has 3 unspecified atom stereocenters. The molecule has 0 saturated carbocycles. The number of hydrogen-bond acceptors (Lipinski definition) is 5. The van der Waals surface area contributed by atoms with Crippen LogP contribution in [0.3, 0.4) is 0 Å². The van der Waals surface area contributed by atoms with Crippen LogP contribution in [0.5, 0.6) is 0 Å². The molecule has 1 aromatic rings. The van der Waals surface area contributed by atoms with Gasteiger partial charge in [0.05, 0.1) is 16.6 Å². The minimum absolute atomic E-state index is 0.00973. The smallest absolute Gasteiger partial charge is 0.251 e. The molecule has 6 atom stereocenters. The van der Waals surface area contributed by atoms with Crippen molar-refractivity contribution in [2.75, 3.05) is 37.7 Å². The Balaban J connectivity index is 1.80. The predicted octanol–water partition coefficient (Wildman–Crippen LogP) is 4.75. The third kappa shape index (κ3) is 5.38. The third-order valence-corrected chi connectivity index (χ3v) is 11.3. The lowest BCUT2D eigenvalue weighted by Crippen LogP contribution is -2.58. The van der Waals surface area contributed by atoms with Gasteiger partial charge in [0.15, 0.2) is 0 Å². The van der Waals surface area contributed by atoms with Crippen molar-refractivity contribution < 1.29 is 19.5 Å². The molecular weight excluding hydrogens is 534 g/mol. The number of thioether (sulfide) groups is 1. The van der Waals surface area contributed by atoms with Crippen LogP contribution in [0.2, 0.25) is 0 Å². The number of rotatable bonds is 14. The first-order valence-corrected chi connectivity index (χ1v) is 16.0. The molecule has 3 saturated heterocycles. The summed E-state index contributed by atoms with van der Waals surface area (Å²) in [7, 11) is 0. The number of para-hydroxylation sites is 1. The van der Waals surface area contributed by atoms with Crippen LogP contribution in [0.4, 0.5) is 5.69 Å². The zero-order chi connectivity index (χ0) is 29.9. The number of hydrogen-bond donors (Lipinski definition) is 1. The number of anilines is 1. The maximum absolute atomic E-state index is 14.9. The Morgan fingerprint density at radius 3 is 2.41 bits per heavy atom. The molecule has 0 aromatic heterocycles. The van der Waals surface area contributed by atoms with Gasteiger partial charge in [0.2, 0.25) is 11.8 Å². The van der Waals surface area contributed by atoms with Gasteiger partial charge in [-0.3, -0.25) is 14.4 Å². The lowest BCUT2D eigenvalue weighted by molar-refractivity contribution is -0.144. The quantitative estimate of drug-likeness (QED) is 0.253. The molecule has 1 aromatic carbocycles. The normalized spacial score (nSPS) is 28.1. The van der Waals surface area contributed by atoms with Gasteiger partial charge in [-0.1, -0.05) is 44.2 Å². The number of amides is 3. The molecule has 8 heteroatoms. The fourth-order valence-electron chi connectivity index (χ4n) is 7.62. The minimum atomic E-state index is -0.671. The van der Waals surface area contributed by atoms with Crippen LogP contribution in [-0.4, -0.2) is 81.5 Å². The molecule has 1 spiro atoms. The van der Waals surface area contributed by atoms with Gasteiger partial charge < -0.3 is 19.8 Å². The van der Waals surface area contributed by atoms with E-state index in [1.165, 1.54) is 0 Å². The largest absolute Gasteiger partial charge is 0.396 e. The number of benzene rings is 1. The molecule has 3 amide bonds. The highest BCUT2D eigenvalue weighted by Crippen LogP contribution is 2.69. The van der Waals surface area contributed by atoms with Gasteiger partial charge in [0, 0.05) is 43.7 Å². The molecule has 7 nitrogen and oxygen atoms in total. The van der Waals surface area contributed by atoms with E-state index < -0.39 is 22.6 Å². The van der Waals surface area contributed by atoms with E-state index in [0.29, 0.717) is 39.0 Å². The van der Waals surface area contributed by atoms with Crippen LogP contribution >= 0.6 is 11.8 Å². The van der Waals surface area contributed by atoms with Gasteiger partial charge >= 0.3 is 0 Å². The Labute approximate surface area is 250 Å². The Bertz CT molecular complexity index is 1150. The summed E-state index contributed by atoms with van der Waals surface area (Å²) >= 11 is 1.73. The van der Waals surface area contributed by atoms with Gasteiger partial charge in [-0.15, -0.1) is 24.9 Å². The first-order chi connectivity index (χ1) is 19.7. The van der Waals surface area contributed by atoms with Crippen molar-refractivity contribution in [2.24, 2.45) is 17.8 Å². The molecule has 0 aliphatic carbocycles. The summed E-state index contributed by atoms with van der Waals surface area (Å²) in [4.78, 5) is 48.9. The van der Waals surface area contributed by atoms with Gasteiger partial charge in [0.1, 0.15) is 6.04 Å². The predicted molar refractivity (Wildman–Crippen MR) is 167 cm³/mol. The second-order valence-electron chi connectivity index (χ2n) is 11.9. The van der Waals surface area contributed by atoms with E-state index in [2.05, 4.69) is 20.1 Å². The number of carbonyl (C=O) groups excluding carboxylic acids is 3. The van der Waals surface area contributed by atoms with E-state index in [0.717, 1.165) is 36.1 Å². The molecule has 3 fully saturated rings. The Morgan fingerprint density at radius 1 is 1.12 bits per heavy atom. The second kappa shape index (κ2) is 13.2. The Kier molecular flexibility index (Phi) is 10.1. The number of unbranched alkanes of at least 4 members (excludes halogenated alkanes) is 2. The minimum Gasteiger partial charge on any atom is -0.396 e. The maximum Gasteiger partial charge on any atom is 0.251 e. The van der Waals surface area contributed by atoms with E-state index in [-0.39, 0.29) is 35.5 Å². The topological polar surface area (TPSA) is 81.2 Å². The van der Waals surface area contributed by atoms with Crippen molar-refractivity contribution >= 4 is 35.2 Å². The van der Waals surface area contributed by atoms with Crippen LogP contribution < -0.4 is 4.90 Å². The highest BCUT2D eigenvalue weighted by molar-refractivity contribution is 8.02. The summed E-state index contributed by atoms with van der Waals surface area (Å²) in [5.74, 6) is -1.02. The third-order valence-electron chi connectivity index (χ3n) is 9.26. The van der Waals surface area contributed by atoms with Crippen molar-refractivity contribution in [2.45, 2.75) is 75.8 Å². The summed E-state index contributed by atoms with van der Waals surface area (Å²) in [6, 6.07) is 5.34. The Hall–Kier alpha value is -2.58. The van der Waals surface area contributed by atoms with E-state index in [9.17, 15) is 19.5 Å². The van der Waals surface area contributed by atoms with Crippen molar-refractivity contribution in [3.63, 3.8) is 0 Å². The molecule has 2 bridgehead atoms. The summed E-state index contributed by atoms with van der Waals surface area (Å²) < 4.78 is -0.668. The molecule has 3 heterocycles. The molecule has 3 aliphatic heterocycles. The Morgan fingerprint density at radius 2 is 1.80 bits per heavy atom. The van der Waals surface area contributed by atoms with Crippen molar-refractivity contribution in [3.8, 4) is 0 Å². The molecule has 0 radical (unpaired) electrons. The second-order valence-corrected chi connectivity index (χ2v) is 13.5. The standard InChI is InChI=1S/C33H47N3O4S/c1-7-16-34(17-8-2)30(38)26-25-21-24(6)33(41-25)27(26)31(39)36(19-11-10-12-20-37)29(33)32(40)35(18-9-3)28-22(4)14-13-15-23(28)5/h7,9,13-15,24-27,29,37H,1,3,8,10-12,16-21H2,2,4-6H3/t24?,25-,26+,27+,29?,33?/m1/s1. The van der Waals surface area contributed by atoms with Crippen LogP contribution in [0, 0.1) is 31.6 Å². The number of likely N-dealkylation sites (tertiary alicyclic amines) is 1. The average molecular weight is 582 g/mol. The fraction of sp³-hybridized carbons (Fsp3) is 0.606. The first kappa shape index (κ1) is 31.4. The molecule has 1 N–H and O–H groups in total. The molecule has 41 heavy (non-hydrogen) atoms. The van der Waals surface area contributed by atoms with Crippen LogP contribution in [0.25, 0.3) is 0 Å². The number of aliphatic hydroxyl groups excluding tert-OH is 1. The van der Waals surface area contributed by atoms with E-state index in [1.54, 1.807) is 28.8 Å². The number of fused-ring (bicyclic) bond motifs is 1. The van der Waals surface area contributed by atoms with Crippen molar-refractivity contribution in [3.05, 3.63) is 54.6 Å². The number of aliphatic hydroxyl groups is 1. The summed E-state index contributed by atoms with van der Waals surface area (Å²) in [5.41, 5.74) is 2.86. The summed E-state index contributed by atoms with van der Waals surface area (Å²) in [6.07, 6.45) is 7.25. The van der Waals surface area contributed by atoms with Crippen molar-refractivity contribution in [1.82, 2.24) is 9.80 Å². The zero-order valence-electron chi connectivity index (χ0n) is 25.2. The monoisotopic (exact) mass is 581 g/mol. The number of carbonyl (C=O) groups is 3. The molecule has 3 aliphatic rings. The lowest BCUT2D eigenvalue weighted by Gasteiger charge is -2.41. The van der Waals surface area contributed by atoms with E-state index in [1.807, 2.05) is 48.8 Å². The van der Waals surface area contributed by atoms with Crippen LogP contribution in [0.15, 0.2) is 43.5 Å². The number of nitrogens with zero attached hydrogens (tertiary/aromatic N) is 3.